The molecule has 0 aliphatic rings. The first-order chi connectivity index (χ1) is 5.99. The minimum Gasteiger partial charge on any atom is -0.368 e. The average molecular weight is 187 g/mol. The van der Waals surface area contributed by atoms with Crippen molar-refractivity contribution in [2.75, 3.05) is 13.6 Å². The number of hydrogen-bond acceptors (Lipinski definition) is 3. The van der Waals surface area contributed by atoms with Crippen LogP contribution in [0.1, 0.15) is 19.8 Å². The summed E-state index contributed by atoms with van der Waals surface area (Å²) in [5.41, 5.74) is 10.5. The Labute approximate surface area is 78.1 Å². The molecule has 0 fully saturated rings. The number of nitrogens with zero attached hydrogens (tertiary/aromatic N) is 1. The van der Waals surface area contributed by atoms with E-state index in [4.69, 9.17) is 11.5 Å². The number of hydrogen-bond donors (Lipinski definition) is 2. The summed E-state index contributed by atoms with van der Waals surface area (Å²) in [6.07, 6.45) is 1.47. The van der Waals surface area contributed by atoms with E-state index in [-0.39, 0.29) is 12.5 Å². The second kappa shape index (κ2) is 5.53. The van der Waals surface area contributed by atoms with Crippen molar-refractivity contribution in [2.45, 2.75) is 25.8 Å². The first-order valence-electron chi connectivity index (χ1n) is 4.27. The lowest BCUT2D eigenvalue weighted by molar-refractivity contribution is -0.135. The van der Waals surface area contributed by atoms with E-state index in [9.17, 15) is 9.59 Å². The number of amides is 2. The maximum atomic E-state index is 11.4. The van der Waals surface area contributed by atoms with Gasteiger partial charge in [-0.1, -0.05) is 13.3 Å². The molecule has 4 N–H and O–H groups in total. The van der Waals surface area contributed by atoms with Crippen molar-refractivity contribution in [1.82, 2.24) is 4.90 Å². The maximum Gasteiger partial charge on any atom is 0.239 e. The van der Waals surface area contributed by atoms with Crippen molar-refractivity contribution >= 4 is 11.8 Å². The van der Waals surface area contributed by atoms with Crippen LogP contribution in [0.25, 0.3) is 0 Å². The summed E-state index contributed by atoms with van der Waals surface area (Å²) in [6, 6.07) is -0.519. The molecule has 0 heterocycles. The highest BCUT2D eigenvalue weighted by Crippen LogP contribution is 1.97. The van der Waals surface area contributed by atoms with Crippen LogP contribution in [0.5, 0.6) is 0 Å². The van der Waals surface area contributed by atoms with Crippen molar-refractivity contribution in [3.63, 3.8) is 0 Å². The Hall–Kier alpha value is -1.10. The Bertz CT molecular complexity index is 194. The van der Waals surface area contributed by atoms with Gasteiger partial charge in [-0.15, -0.1) is 0 Å². The molecule has 0 radical (unpaired) electrons. The molecule has 0 saturated heterocycles. The van der Waals surface area contributed by atoms with E-state index >= 15 is 0 Å². The summed E-state index contributed by atoms with van der Waals surface area (Å²) in [4.78, 5) is 23.1. The van der Waals surface area contributed by atoms with E-state index in [1.54, 1.807) is 0 Å². The SMILES string of the molecule is CCCC(N)C(=O)N(C)CC(N)=O. The van der Waals surface area contributed by atoms with Crippen LogP contribution >= 0.6 is 0 Å². The van der Waals surface area contributed by atoms with Gasteiger partial charge in [-0.3, -0.25) is 9.59 Å². The molecule has 76 valence electrons. The fourth-order valence-corrected chi connectivity index (χ4v) is 1.03. The van der Waals surface area contributed by atoms with Crippen LogP contribution in [0, 0.1) is 0 Å². The normalized spacial score (nSPS) is 12.2. The lowest BCUT2D eigenvalue weighted by Crippen LogP contribution is -2.44. The number of likely N-dealkylation sites (N-methyl/N-ethyl adjacent to an activating group) is 1. The molecule has 0 aromatic heterocycles. The molecule has 0 aliphatic carbocycles. The van der Waals surface area contributed by atoms with E-state index < -0.39 is 11.9 Å². The quantitative estimate of drug-likeness (QED) is 0.582. The van der Waals surface area contributed by atoms with Crippen molar-refractivity contribution in [3.05, 3.63) is 0 Å². The fraction of sp³-hybridized carbons (Fsp3) is 0.750. The summed E-state index contributed by atoms with van der Waals surface area (Å²) >= 11 is 0. The molecule has 1 atom stereocenters. The summed E-state index contributed by atoms with van der Waals surface area (Å²) < 4.78 is 0. The highest BCUT2D eigenvalue weighted by Gasteiger charge is 2.17. The molecular formula is C8H17N3O2. The summed E-state index contributed by atoms with van der Waals surface area (Å²) in [6.45, 7) is 1.87. The molecule has 0 aliphatic heterocycles. The second-order valence-electron chi connectivity index (χ2n) is 3.06. The zero-order valence-electron chi connectivity index (χ0n) is 8.12. The minimum absolute atomic E-state index is 0.0732. The zero-order chi connectivity index (χ0) is 10.4. The Balaban J connectivity index is 4.01. The Morgan fingerprint density at radius 3 is 2.38 bits per heavy atom. The van der Waals surface area contributed by atoms with Gasteiger partial charge in [-0.25, -0.2) is 0 Å². The third-order valence-corrected chi connectivity index (χ3v) is 1.69. The Morgan fingerprint density at radius 1 is 1.46 bits per heavy atom. The fourth-order valence-electron chi connectivity index (χ4n) is 1.03. The number of nitrogens with two attached hydrogens (primary N) is 2. The van der Waals surface area contributed by atoms with E-state index in [1.165, 1.54) is 11.9 Å². The van der Waals surface area contributed by atoms with Crippen molar-refractivity contribution < 1.29 is 9.59 Å². The van der Waals surface area contributed by atoms with Gasteiger partial charge in [0, 0.05) is 7.05 Å². The van der Waals surface area contributed by atoms with Gasteiger partial charge in [0.2, 0.25) is 11.8 Å². The molecule has 13 heavy (non-hydrogen) atoms. The minimum atomic E-state index is -0.528. The molecule has 0 spiro atoms. The van der Waals surface area contributed by atoms with Gasteiger partial charge in [0.1, 0.15) is 0 Å². The Kier molecular flexibility index (Phi) is 5.06. The van der Waals surface area contributed by atoms with Crippen LogP contribution in [0.2, 0.25) is 0 Å². The third kappa shape index (κ3) is 4.47. The smallest absolute Gasteiger partial charge is 0.239 e. The molecule has 0 rings (SSSR count). The molecular weight excluding hydrogens is 170 g/mol. The topological polar surface area (TPSA) is 89.4 Å². The first kappa shape index (κ1) is 11.9. The molecule has 2 amide bonds. The van der Waals surface area contributed by atoms with Gasteiger partial charge in [-0.2, -0.15) is 0 Å². The van der Waals surface area contributed by atoms with Gasteiger partial charge >= 0.3 is 0 Å². The van der Waals surface area contributed by atoms with Crippen LogP contribution in [0.15, 0.2) is 0 Å². The predicted octanol–water partition coefficient (Wildman–Crippen LogP) is -0.942. The van der Waals surface area contributed by atoms with Crippen LogP contribution in [-0.2, 0) is 9.59 Å². The van der Waals surface area contributed by atoms with Gasteiger partial charge in [0.05, 0.1) is 12.6 Å². The van der Waals surface area contributed by atoms with Gasteiger partial charge in [-0.05, 0) is 6.42 Å². The number of rotatable bonds is 5. The predicted molar refractivity (Wildman–Crippen MR) is 49.7 cm³/mol. The van der Waals surface area contributed by atoms with Crippen molar-refractivity contribution in [2.24, 2.45) is 11.5 Å². The lowest BCUT2D eigenvalue weighted by atomic mass is 10.1. The second-order valence-corrected chi connectivity index (χ2v) is 3.06. The number of carbonyl (C=O) groups is 2. The van der Waals surface area contributed by atoms with Crippen molar-refractivity contribution in [1.29, 1.82) is 0 Å². The van der Waals surface area contributed by atoms with Crippen LogP contribution < -0.4 is 11.5 Å². The summed E-state index contributed by atoms with van der Waals surface area (Å²) in [5.74, 6) is -0.764. The third-order valence-electron chi connectivity index (χ3n) is 1.69. The van der Waals surface area contributed by atoms with E-state index in [0.29, 0.717) is 6.42 Å². The molecule has 1 unspecified atom stereocenters. The summed E-state index contributed by atoms with van der Waals surface area (Å²) in [7, 11) is 1.52. The molecule has 5 nitrogen and oxygen atoms in total. The lowest BCUT2D eigenvalue weighted by Gasteiger charge is -2.19. The van der Waals surface area contributed by atoms with Gasteiger partial charge < -0.3 is 16.4 Å². The van der Waals surface area contributed by atoms with Crippen LogP contribution in [0.3, 0.4) is 0 Å². The first-order valence-corrected chi connectivity index (χ1v) is 4.27. The van der Waals surface area contributed by atoms with E-state index in [2.05, 4.69) is 0 Å². The Morgan fingerprint density at radius 2 is 2.00 bits per heavy atom. The van der Waals surface area contributed by atoms with Crippen LogP contribution in [-0.4, -0.2) is 36.3 Å². The molecule has 0 bridgehead atoms. The molecule has 5 heteroatoms. The maximum absolute atomic E-state index is 11.4. The monoisotopic (exact) mass is 187 g/mol. The molecule has 0 aromatic rings. The van der Waals surface area contributed by atoms with E-state index in [1.807, 2.05) is 6.92 Å². The number of primary amides is 1. The van der Waals surface area contributed by atoms with Crippen molar-refractivity contribution in [3.8, 4) is 0 Å². The van der Waals surface area contributed by atoms with E-state index in [0.717, 1.165) is 6.42 Å². The largest absolute Gasteiger partial charge is 0.368 e. The number of carbonyl (C=O) groups excluding carboxylic acids is 2. The highest BCUT2D eigenvalue weighted by atomic mass is 16.2. The van der Waals surface area contributed by atoms with Gasteiger partial charge in [0.15, 0.2) is 0 Å². The van der Waals surface area contributed by atoms with Gasteiger partial charge in [0.25, 0.3) is 0 Å². The molecule has 0 aromatic carbocycles. The zero-order valence-corrected chi connectivity index (χ0v) is 8.12. The molecule has 0 saturated carbocycles. The summed E-state index contributed by atoms with van der Waals surface area (Å²) in [5, 5.41) is 0. The van der Waals surface area contributed by atoms with Crippen LogP contribution in [0.4, 0.5) is 0 Å². The average Bonchev–Trinajstić information content (AvgIpc) is 2.02. The highest BCUT2D eigenvalue weighted by molar-refractivity contribution is 5.86. The standard InChI is InChI=1S/C8H17N3O2/c1-3-4-6(9)8(13)11(2)5-7(10)12/h6H,3-5,9H2,1-2H3,(H2,10,12).